The molecule has 1 aliphatic heterocycles. The van der Waals surface area contributed by atoms with Crippen molar-refractivity contribution in [2.45, 2.75) is 25.3 Å². The van der Waals surface area contributed by atoms with E-state index in [0.29, 0.717) is 5.92 Å². The average Bonchev–Trinajstić information content (AvgIpc) is 3.02. The van der Waals surface area contributed by atoms with E-state index in [4.69, 9.17) is 5.10 Å². The Morgan fingerprint density at radius 1 is 1.00 bits per heavy atom. The quantitative estimate of drug-likeness (QED) is 0.593. The van der Waals surface area contributed by atoms with Crippen LogP contribution in [0.3, 0.4) is 0 Å². The Morgan fingerprint density at radius 2 is 1.75 bits per heavy atom. The number of fused-ring (bicyclic) bond motifs is 1. The number of nitrogens with one attached hydrogen (secondary N) is 1. The third-order valence-electron chi connectivity index (χ3n) is 4.84. The van der Waals surface area contributed by atoms with Gasteiger partial charge in [-0.3, -0.25) is 0 Å². The van der Waals surface area contributed by atoms with Gasteiger partial charge in [0.25, 0.3) is 0 Å². The van der Waals surface area contributed by atoms with Crippen LogP contribution in [0, 0.1) is 5.92 Å². The lowest BCUT2D eigenvalue weighted by atomic mass is 9.78. The lowest BCUT2D eigenvalue weighted by Gasteiger charge is -2.27. The maximum atomic E-state index is 4.73. The van der Waals surface area contributed by atoms with Crippen molar-refractivity contribution in [3.63, 3.8) is 0 Å². The van der Waals surface area contributed by atoms with E-state index in [9.17, 15) is 0 Å². The Morgan fingerprint density at radius 3 is 2.54 bits per heavy atom. The van der Waals surface area contributed by atoms with Crippen molar-refractivity contribution in [3.8, 4) is 0 Å². The van der Waals surface area contributed by atoms with Crippen LogP contribution in [-0.2, 0) is 0 Å². The van der Waals surface area contributed by atoms with Crippen LogP contribution in [0.4, 0.5) is 0 Å². The molecule has 0 spiro atoms. The molecule has 1 saturated carbocycles. The molecule has 4 rings (SSSR count). The highest BCUT2D eigenvalue weighted by atomic mass is 79.9. The molecule has 24 heavy (non-hydrogen) atoms. The van der Waals surface area contributed by atoms with Crippen molar-refractivity contribution in [3.05, 3.63) is 74.2 Å². The van der Waals surface area contributed by atoms with Crippen LogP contribution < -0.4 is 5.43 Å². The van der Waals surface area contributed by atoms with Crippen molar-refractivity contribution in [2.75, 3.05) is 0 Å². The molecule has 122 valence electrons. The first-order chi connectivity index (χ1) is 11.7. The van der Waals surface area contributed by atoms with Gasteiger partial charge in [-0.1, -0.05) is 68.3 Å². The van der Waals surface area contributed by atoms with Crippen LogP contribution in [0.15, 0.2) is 68.2 Å². The predicted molar refractivity (Wildman–Crippen MR) is 107 cm³/mol. The molecule has 1 aliphatic carbocycles. The van der Waals surface area contributed by atoms with Crippen LogP contribution in [0.1, 0.15) is 36.4 Å². The maximum Gasteiger partial charge on any atom is 0.0784 e. The molecule has 2 aromatic rings. The van der Waals surface area contributed by atoms with E-state index in [-0.39, 0.29) is 6.04 Å². The molecule has 4 heteroatoms. The third-order valence-corrected chi connectivity index (χ3v) is 6.29. The second-order valence-electron chi connectivity index (χ2n) is 6.32. The molecule has 0 saturated heterocycles. The van der Waals surface area contributed by atoms with Crippen molar-refractivity contribution in [2.24, 2.45) is 11.0 Å². The highest BCUT2D eigenvalue weighted by Crippen LogP contribution is 2.41. The smallest absolute Gasteiger partial charge is 0.0784 e. The molecule has 1 fully saturated rings. The van der Waals surface area contributed by atoms with Crippen molar-refractivity contribution >= 4 is 43.6 Å². The molecule has 0 radical (unpaired) electrons. The predicted octanol–water partition coefficient (Wildman–Crippen LogP) is 6.10. The monoisotopic (exact) mass is 444 g/mol. The fourth-order valence-electron chi connectivity index (χ4n) is 3.66. The van der Waals surface area contributed by atoms with Gasteiger partial charge in [0.15, 0.2) is 0 Å². The number of hydrogen-bond donors (Lipinski definition) is 1. The van der Waals surface area contributed by atoms with Gasteiger partial charge in [0.05, 0.1) is 11.8 Å². The normalized spacial score (nSPS) is 24.4. The number of hydrazone groups is 1. The summed E-state index contributed by atoms with van der Waals surface area (Å²) in [4.78, 5) is 0. The van der Waals surface area contributed by atoms with E-state index in [1.165, 1.54) is 35.3 Å². The van der Waals surface area contributed by atoms with E-state index in [1.54, 1.807) is 0 Å². The first kappa shape index (κ1) is 16.1. The summed E-state index contributed by atoms with van der Waals surface area (Å²) in [5.74, 6) is 0.450. The molecule has 2 nitrogen and oxygen atoms in total. The summed E-state index contributed by atoms with van der Waals surface area (Å²) in [7, 11) is 0. The molecule has 2 unspecified atom stereocenters. The van der Waals surface area contributed by atoms with Gasteiger partial charge < -0.3 is 5.43 Å². The van der Waals surface area contributed by atoms with E-state index in [0.717, 1.165) is 15.4 Å². The van der Waals surface area contributed by atoms with Gasteiger partial charge in [-0.15, -0.1) is 0 Å². The molecule has 0 bridgehead atoms. The van der Waals surface area contributed by atoms with E-state index >= 15 is 0 Å². The maximum absolute atomic E-state index is 4.73. The number of allylic oxidation sites excluding steroid dienone is 1. The molecule has 0 amide bonds. The minimum Gasteiger partial charge on any atom is -0.302 e. The highest BCUT2D eigenvalue weighted by molar-refractivity contribution is 9.10. The van der Waals surface area contributed by atoms with Crippen molar-refractivity contribution < 1.29 is 0 Å². The Balaban J connectivity index is 1.66. The zero-order chi connectivity index (χ0) is 16.5. The van der Waals surface area contributed by atoms with E-state index in [2.05, 4.69) is 85.8 Å². The van der Waals surface area contributed by atoms with Crippen LogP contribution in [0.25, 0.3) is 6.08 Å². The zero-order valence-corrected chi connectivity index (χ0v) is 16.3. The Bertz CT molecular complexity index is 826. The van der Waals surface area contributed by atoms with Gasteiger partial charge in [0.2, 0.25) is 0 Å². The lowest BCUT2D eigenvalue weighted by Crippen LogP contribution is -2.25. The van der Waals surface area contributed by atoms with Crippen molar-refractivity contribution in [1.29, 1.82) is 0 Å². The second kappa shape index (κ2) is 6.85. The summed E-state index contributed by atoms with van der Waals surface area (Å²) < 4.78 is 2.29. The van der Waals surface area contributed by atoms with Gasteiger partial charge in [0.1, 0.15) is 0 Å². The summed E-state index contributed by atoms with van der Waals surface area (Å²) in [6, 6.07) is 17.1. The van der Waals surface area contributed by atoms with Gasteiger partial charge in [0, 0.05) is 14.9 Å². The largest absolute Gasteiger partial charge is 0.302 e. The number of benzene rings is 2. The van der Waals surface area contributed by atoms with E-state index < -0.39 is 0 Å². The fraction of sp³-hybridized carbons (Fsp3) is 0.250. The first-order valence-electron chi connectivity index (χ1n) is 8.27. The molecule has 1 N–H and O–H groups in total. The average molecular weight is 446 g/mol. The molecule has 1 heterocycles. The first-order valence-corrected chi connectivity index (χ1v) is 9.85. The summed E-state index contributed by atoms with van der Waals surface area (Å²) in [6.45, 7) is 0. The lowest BCUT2D eigenvalue weighted by molar-refractivity contribution is 0.450. The van der Waals surface area contributed by atoms with Crippen LogP contribution in [0.2, 0.25) is 0 Å². The van der Waals surface area contributed by atoms with Crippen molar-refractivity contribution in [1.82, 2.24) is 5.43 Å². The summed E-state index contributed by atoms with van der Waals surface area (Å²) in [5.41, 5.74) is 8.50. The molecule has 2 aliphatic rings. The zero-order valence-electron chi connectivity index (χ0n) is 13.2. The number of halogens is 2. The fourth-order valence-corrected chi connectivity index (χ4v) is 4.59. The Hall–Kier alpha value is -1.39. The summed E-state index contributed by atoms with van der Waals surface area (Å²) >= 11 is 7.34. The topological polar surface area (TPSA) is 24.4 Å². The minimum atomic E-state index is 0.262. The Labute approximate surface area is 159 Å². The molecule has 0 aromatic heterocycles. The minimum absolute atomic E-state index is 0.262. The van der Waals surface area contributed by atoms with Gasteiger partial charge >= 0.3 is 0 Å². The molecular weight excluding hydrogens is 428 g/mol. The summed E-state index contributed by atoms with van der Waals surface area (Å²) in [5, 5.41) is 4.73. The third kappa shape index (κ3) is 2.98. The molecular formula is C20H18Br2N2. The van der Waals surface area contributed by atoms with Crippen LogP contribution in [0.5, 0.6) is 0 Å². The summed E-state index contributed by atoms with van der Waals surface area (Å²) in [6.07, 6.45) is 5.79. The van der Waals surface area contributed by atoms with Gasteiger partial charge in [-0.05, 0) is 54.2 Å². The molecule has 2 aromatic carbocycles. The van der Waals surface area contributed by atoms with Crippen LogP contribution >= 0.6 is 31.9 Å². The molecule has 2 atom stereocenters. The second-order valence-corrected chi connectivity index (χ2v) is 8.02. The van der Waals surface area contributed by atoms with Gasteiger partial charge in [-0.25, -0.2) is 0 Å². The van der Waals surface area contributed by atoms with Crippen LogP contribution in [-0.4, -0.2) is 5.71 Å². The SMILES string of the molecule is Brc1ccccc1/C=C1\CCCC2C1=NNC2c1ccccc1Br. The number of nitrogens with zero attached hydrogens (tertiary/aromatic N) is 1. The number of rotatable bonds is 2. The Kier molecular flexibility index (Phi) is 4.59. The number of hydrogen-bond acceptors (Lipinski definition) is 2. The highest BCUT2D eigenvalue weighted by Gasteiger charge is 2.37. The standard InChI is InChI=1S/C20H18Br2N2/c21-17-10-3-1-6-13(17)12-14-7-5-9-16-19(14)23-24-20(16)15-8-2-4-11-18(15)22/h1-4,6,8,10-12,16,20,24H,5,7,9H2/b14-12+. The van der Waals surface area contributed by atoms with E-state index in [1.807, 2.05) is 6.07 Å². The van der Waals surface area contributed by atoms with Gasteiger partial charge in [-0.2, -0.15) is 5.10 Å².